The number of sulfonamides is 1. The maximum atomic E-state index is 12.3. The van der Waals surface area contributed by atoms with E-state index in [9.17, 15) is 8.42 Å². The van der Waals surface area contributed by atoms with Gasteiger partial charge in [0.15, 0.2) is 0 Å². The maximum absolute atomic E-state index is 12.3. The molecule has 0 amide bonds. The summed E-state index contributed by atoms with van der Waals surface area (Å²) in [5, 5.41) is 14.9. The lowest BCUT2D eigenvalue weighted by Gasteiger charge is -2.05. The van der Waals surface area contributed by atoms with Crippen LogP contribution < -0.4 is 4.72 Å². The summed E-state index contributed by atoms with van der Waals surface area (Å²) in [4.78, 5) is 0.162. The molecule has 10 heteroatoms. The molecule has 0 spiro atoms. The molecule has 0 aliphatic heterocycles. The standard InChI is InChI=1S/C15H16ClN5O3S/c1-9-14(10(2)19-18-9)25(22,23)17-8-7-13-20-21-15(24-13)11-5-3-4-6-12(11)16/h3-6,17H,7-8H2,1-2H3,(H,18,19). The zero-order valence-corrected chi connectivity index (χ0v) is 15.1. The largest absolute Gasteiger partial charge is 0.421 e. The molecule has 0 atom stereocenters. The number of aromatic amines is 1. The number of halogens is 1. The second-order valence-corrected chi connectivity index (χ2v) is 7.50. The third-order valence-electron chi connectivity index (χ3n) is 3.53. The molecule has 2 aromatic heterocycles. The quantitative estimate of drug-likeness (QED) is 0.676. The van der Waals surface area contributed by atoms with Crippen LogP contribution in [0.5, 0.6) is 0 Å². The Bertz CT molecular complexity index is 977. The molecule has 0 unspecified atom stereocenters. The fourth-order valence-corrected chi connectivity index (χ4v) is 4.01. The number of hydrogen-bond acceptors (Lipinski definition) is 6. The van der Waals surface area contributed by atoms with Crippen LogP contribution in [0.3, 0.4) is 0 Å². The minimum absolute atomic E-state index is 0.122. The van der Waals surface area contributed by atoms with Gasteiger partial charge in [0.05, 0.1) is 22.0 Å². The van der Waals surface area contributed by atoms with Crippen LogP contribution in [-0.2, 0) is 16.4 Å². The number of benzene rings is 1. The van der Waals surface area contributed by atoms with E-state index in [2.05, 4.69) is 25.1 Å². The monoisotopic (exact) mass is 381 g/mol. The first-order valence-corrected chi connectivity index (χ1v) is 9.33. The van der Waals surface area contributed by atoms with E-state index in [1.807, 2.05) is 6.07 Å². The molecule has 2 heterocycles. The summed E-state index contributed by atoms with van der Waals surface area (Å²) in [6.07, 6.45) is 0.257. The van der Waals surface area contributed by atoms with E-state index in [0.717, 1.165) is 0 Å². The first kappa shape index (κ1) is 17.6. The molecule has 0 aliphatic carbocycles. The van der Waals surface area contributed by atoms with Crippen molar-refractivity contribution in [1.82, 2.24) is 25.1 Å². The third kappa shape index (κ3) is 3.73. The van der Waals surface area contributed by atoms with E-state index in [-0.39, 0.29) is 17.9 Å². The molecule has 0 fully saturated rings. The Labute approximate surface area is 149 Å². The summed E-state index contributed by atoms with van der Waals surface area (Å²) in [5.74, 6) is 0.614. The predicted molar refractivity (Wildman–Crippen MR) is 91.7 cm³/mol. The van der Waals surface area contributed by atoms with Crippen LogP contribution in [0.1, 0.15) is 17.3 Å². The zero-order chi connectivity index (χ0) is 18.0. The molecule has 132 valence electrons. The molecule has 0 aliphatic rings. The van der Waals surface area contributed by atoms with Gasteiger partial charge in [0.2, 0.25) is 21.8 Å². The van der Waals surface area contributed by atoms with Crippen molar-refractivity contribution < 1.29 is 12.8 Å². The maximum Gasteiger partial charge on any atom is 0.249 e. The lowest BCUT2D eigenvalue weighted by Crippen LogP contribution is -2.27. The van der Waals surface area contributed by atoms with E-state index < -0.39 is 10.0 Å². The Balaban J connectivity index is 1.66. The van der Waals surface area contributed by atoms with Gasteiger partial charge < -0.3 is 4.42 Å². The van der Waals surface area contributed by atoms with E-state index in [1.165, 1.54) is 0 Å². The SMILES string of the molecule is Cc1n[nH]c(C)c1S(=O)(=O)NCCc1nnc(-c2ccccc2Cl)o1. The molecule has 0 bridgehead atoms. The van der Waals surface area contributed by atoms with Gasteiger partial charge in [-0.25, -0.2) is 13.1 Å². The normalized spacial score (nSPS) is 11.8. The highest BCUT2D eigenvalue weighted by Gasteiger charge is 2.22. The molecular weight excluding hydrogens is 366 g/mol. The van der Waals surface area contributed by atoms with Gasteiger partial charge >= 0.3 is 0 Å². The first-order chi connectivity index (χ1) is 11.9. The van der Waals surface area contributed by atoms with Crippen LogP contribution in [0.2, 0.25) is 5.02 Å². The van der Waals surface area contributed by atoms with Crippen LogP contribution in [0.15, 0.2) is 33.6 Å². The molecule has 8 nitrogen and oxygen atoms in total. The highest BCUT2D eigenvalue weighted by atomic mass is 35.5. The Hall–Kier alpha value is -2.23. The van der Waals surface area contributed by atoms with E-state index in [0.29, 0.717) is 33.8 Å². The fourth-order valence-electron chi connectivity index (χ4n) is 2.40. The van der Waals surface area contributed by atoms with Crippen molar-refractivity contribution in [3.63, 3.8) is 0 Å². The van der Waals surface area contributed by atoms with Crippen molar-refractivity contribution in [3.05, 3.63) is 46.6 Å². The molecule has 3 rings (SSSR count). The van der Waals surface area contributed by atoms with E-state index >= 15 is 0 Å². The second kappa shape index (κ2) is 6.95. The summed E-state index contributed by atoms with van der Waals surface area (Å²) in [5.41, 5.74) is 1.54. The highest BCUT2D eigenvalue weighted by Crippen LogP contribution is 2.26. The molecule has 2 N–H and O–H groups in total. The Morgan fingerprint density at radius 1 is 1.24 bits per heavy atom. The molecule has 3 aromatic rings. The van der Waals surface area contributed by atoms with Crippen LogP contribution in [0.25, 0.3) is 11.5 Å². The number of aryl methyl sites for hydroxylation is 2. The lowest BCUT2D eigenvalue weighted by atomic mass is 10.2. The molecule has 25 heavy (non-hydrogen) atoms. The number of nitrogens with zero attached hydrogens (tertiary/aromatic N) is 3. The summed E-state index contributed by atoms with van der Waals surface area (Å²) in [7, 11) is -3.66. The van der Waals surface area contributed by atoms with Gasteiger partial charge in [-0.3, -0.25) is 5.10 Å². The molecular formula is C15H16ClN5O3S. The van der Waals surface area contributed by atoms with Gasteiger partial charge in [-0.1, -0.05) is 23.7 Å². The molecule has 0 saturated carbocycles. The zero-order valence-electron chi connectivity index (χ0n) is 13.6. The van der Waals surface area contributed by atoms with Crippen molar-refractivity contribution in [2.24, 2.45) is 0 Å². The van der Waals surface area contributed by atoms with E-state index in [4.69, 9.17) is 16.0 Å². The Morgan fingerprint density at radius 3 is 2.68 bits per heavy atom. The van der Waals surface area contributed by atoms with Gasteiger partial charge in [-0.05, 0) is 26.0 Å². The van der Waals surface area contributed by atoms with Crippen LogP contribution in [-0.4, -0.2) is 35.4 Å². The Kier molecular flexibility index (Phi) is 4.89. The number of hydrogen-bond donors (Lipinski definition) is 2. The number of rotatable bonds is 6. The number of aromatic nitrogens is 4. The highest BCUT2D eigenvalue weighted by molar-refractivity contribution is 7.89. The second-order valence-electron chi connectivity index (χ2n) is 5.39. The topological polar surface area (TPSA) is 114 Å². The summed E-state index contributed by atoms with van der Waals surface area (Å²) in [6.45, 7) is 3.41. The first-order valence-electron chi connectivity index (χ1n) is 7.47. The average Bonchev–Trinajstić information content (AvgIpc) is 3.15. The van der Waals surface area contributed by atoms with Crippen LogP contribution in [0.4, 0.5) is 0 Å². The minimum atomic E-state index is -3.66. The van der Waals surface area contributed by atoms with Gasteiger partial charge in [-0.2, -0.15) is 5.10 Å². The fraction of sp³-hybridized carbons (Fsp3) is 0.267. The van der Waals surface area contributed by atoms with Crippen molar-refractivity contribution in [3.8, 4) is 11.5 Å². The number of H-pyrrole nitrogens is 1. The smallest absolute Gasteiger partial charge is 0.249 e. The van der Waals surface area contributed by atoms with Crippen molar-refractivity contribution in [2.75, 3.05) is 6.54 Å². The average molecular weight is 382 g/mol. The molecule has 0 radical (unpaired) electrons. The van der Waals surface area contributed by atoms with Crippen LogP contribution >= 0.6 is 11.6 Å². The summed E-state index contributed by atoms with van der Waals surface area (Å²) < 4.78 is 32.7. The summed E-state index contributed by atoms with van der Waals surface area (Å²) >= 11 is 6.09. The molecule has 0 saturated heterocycles. The van der Waals surface area contributed by atoms with Crippen molar-refractivity contribution in [2.45, 2.75) is 25.2 Å². The van der Waals surface area contributed by atoms with Gasteiger partial charge in [0, 0.05) is 13.0 Å². The van der Waals surface area contributed by atoms with E-state index in [1.54, 1.807) is 32.0 Å². The lowest BCUT2D eigenvalue weighted by molar-refractivity contribution is 0.502. The third-order valence-corrected chi connectivity index (χ3v) is 5.58. The minimum Gasteiger partial charge on any atom is -0.421 e. The molecule has 1 aromatic carbocycles. The van der Waals surface area contributed by atoms with Crippen molar-refractivity contribution in [1.29, 1.82) is 0 Å². The Morgan fingerprint density at radius 2 is 2.00 bits per heavy atom. The van der Waals surface area contributed by atoms with Gasteiger partial charge in [-0.15, -0.1) is 10.2 Å². The van der Waals surface area contributed by atoms with Gasteiger partial charge in [0.1, 0.15) is 4.90 Å². The number of nitrogens with one attached hydrogen (secondary N) is 2. The van der Waals surface area contributed by atoms with Crippen LogP contribution in [0, 0.1) is 13.8 Å². The predicted octanol–water partition coefficient (Wildman–Crippen LogP) is 2.25. The summed E-state index contributed by atoms with van der Waals surface area (Å²) in [6, 6.07) is 7.11. The van der Waals surface area contributed by atoms with Gasteiger partial charge in [0.25, 0.3) is 0 Å². The van der Waals surface area contributed by atoms with Crippen molar-refractivity contribution >= 4 is 21.6 Å².